The molecule has 1 atom stereocenters. The highest BCUT2D eigenvalue weighted by atomic mass is 28.3. The average molecular weight is 298 g/mol. The molecule has 1 aliphatic rings. The van der Waals surface area contributed by atoms with E-state index in [4.69, 9.17) is 9.47 Å². The van der Waals surface area contributed by atoms with Crippen LogP contribution in [0.5, 0.6) is 0 Å². The summed E-state index contributed by atoms with van der Waals surface area (Å²) in [7, 11) is -1.38. The van der Waals surface area contributed by atoms with Gasteiger partial charge in [-0.2, -0.15) is 0 Å². The third-order valence-electron chi connectivity index (χ3n) is 3.94. The quantitative estimate of drug-likeness (QED) is 0.640. The fourth-order valence-corrected chi connectivity index (χ4v) is 3.28. The predicted octanol–water partition coefficient (Wildman–Crippen LogP) is 3.04. The molecule has 1 heterocycles. The summed E-state index contributed by atoms with van der Waals surface area (Å²) in [6.45, 7) is 15.9. The molecule has 0 aromatic carbocycles. The fraction of sp³-hybridized carbons (Fsp3) is 0.875. The van der Waals surface area contributed by atoms with Crippen LogP contribution < -0.4 is 0 Å². The number of rotatable bonds is 4. The minimum Gasteiger partial charge on any atom is -0.384 e. The Hall–Kier alpha value is -0.343. The lowest BCUT2D eigenvalue weighted by Gasteiger charge is -2.47. The Labute approximate surface area is 125 Å². The number of hydrogen-bond donors (Lipinski definition) is 1. The first-order chi connectivity index (χ1) is 9.01. The molecule has 0 radical (unpaired) electrons. The SMILES string of the molecule is CC(C)C(O)(C1OCCO1)C(C)(C)CC#C[Si](C)(C)C. The summed E-state index contributed by atoms with van der Waals surface area (Å²) in [5.74, 6) is 3.33. The number of aliphatic hydroxyl groups is 1. The Morgan fingerprint density at radius 1 is 1.20 bits per heavy atom. The van der Waals surface area contributed by atoms with E-state index in [1.807, 2.05) is 13.8 Å². The van der Waals surface area contributed by atoms with E-state index < -0.39 is 20.0 Å². The zero-order valence-electron chi connectivity index (χ0n) is 14.0. The molecule has 1 unspecified atom stereocenters. The van der Waals surface area contributed by atoms with E-state index in [-0.39, 0.29) is 11.3 Å². The van der Waals surface area contributed by atoms with Gasteiger partial charge in [0, 0.05) is 11.8 Å². The molecule has 0 aromatic heterocycles. The first-order valence-electron chi connectivity index (χ1n) is 7.46. The van der Waals surface area contributed by atoms with Crippen molar-refractivity contribution in [1.82, 2.24) is 0 Å². The molecule has 1 rings (SSSR count). The second kappa shape index (κ2) is 6.19. The van der Waals surface area contributed by atoms with Crippen LogP contribution in [0.25, 0.3) is 0 Å². The minimum atomic E-state index is -1.38. The molecule has 0 amide bonds. The van der Waals surface area contributed by atoms with Gasteiger partial charge in [-0.15, -0.1) is 11.5 Å². The second-order valence-electron chi connectivity index (χ2n) is 7.67. The summed E-state index contributed by atoms with van der Waals surface area (Å²) in [5.41, 5.74) is 1.96. The fourth-order valence-electron chi connectivity index (χ4n) is 2.66. The van der Waals surface area contributed by atoms with Gasteiger partial charge in [-0.3, -0.25) is 0 Å². The third-order valence-corrected chi connectivity index (χ3v) is 4.87. The maximum atomic E-state index is 11.2. The molecule has 3 nitrogen and oxygen atoms in total. The standard InChI is InChI=1S/C16H30O3Si/c1-13(2)16(17,14-18-10-11-19-14)15(3,4)9-8-12-20(5,6)7/h13-14,17H,9-11H2,1-7H3. The molecule has 0 saturated carbocycles. The summed E-state index contributed by atoms with van der Waals surface area (Å²) < 4.78 is 11.2. The van der Waals surface area contributed by atoms with E-state index in [2.05, 4.69) is 45.0 Å². The molecule has 1 aliphatic heterocycles. The van der Waals surface area contributed by atoms with E-state index in [1.165, 1.54) is 0 Å². The Morgan fingerprint density at radius 2 is 1.70 bits per heavy atom. The summed E-state index contributed by atoms with van der Waals surface area (Å²) in [4.78, 5) is 0. The molecule has 20 heavy (non-hydrogen) atoms. The normalized spacial score (nSPS) is 20.6. The van der Waals surface area contributed by atoms with Crippen LogP contribution in [0.3, 0.4) is 0 Å². The summed E-state index contributed by atoms with van der Waals surface area (Å²) in [5, 5.41) is 11.2. The largest absolute Gasteiger partial charge is 0.384 e. The second-order valence-corrected chi connectivity index (χ2v) is 12.4. The lowest BCUT2D eigenvalue weighted by molar-refractivity contribution is -0.245. The summed E-state index contributed by atoms with van der Waals surface area (Å²) >= 11 is 0. The highest BCUT2D eigenvalue weighted by Gasteiger charge is 2.53. The van der Waals surface area contributed by atoms with Crippen LogP contribution in [0.4, 0.5) is 0 Å². The molecule has 0 spiro atoms. The van der Waals surface area contributed by atoms with Gasteiger partial charge in [0.05, 0.1) is 13.2 Å². The Morgan fingerprint density at radius 3 is 2.10 bits per heavy atom. The molecule has 4 heteroatoms. The van der Waals surface area contributed by atoms with Gasteiger partial charge in [0.15, 0.2) is 6.29 Å². The Balaban J connectivity index is 2.96. The van der Waals surface area contributed by atoms with Crippen molar-refractivity contribution in [3.63, 3.8) is 0 Å². The maximum absolute atomic E-state index is 11.2. The molecule has 116 valence electrons. The Bertz CT molecular complexity index is 381. The van der Waals surface area contributed by atoms with Gasteiger partial charge in [-0.05, 0) is 5.92 Å². The van der Waals surface area contributed by atoms with Gasteiger partial charge >= 0.3 is 0 Å². The van der Waals surface area contributed by atoms with Crippen LogP contribution in [-0.2, 0) is 9.47 Å². The maximum Gasteiger partial charge on any atom is 0.187 e. The molecule has 0 aliphatic carbocycles. The van der Waals surface area contributed by atoms with Gasteiger partial charge in [0.1, 0.15) is 13.7 Å². The first-order valence-corrected chi connectivity index (χ1v) is 11.0. The topological polar surface area (TPSA) is 38.7 Å². The molecule has 1 saturated heterocycles. The van der Waals surface area contributed by atoms with Crippen molar-refractivity contribution in [3.05, 3.63) is 0 Å². The van der Waals surface area contributed by atoms with E-state index in [1.54, 1.807) is 0 Å². The average Bonchev–Trinajstić information content (AvgIpc) is 2.78. The highest BCUT2D eigenvalue weighted by molar-refractivity contribution is 6.83. The molecule has 1 N–H and O–H groups in total. The summed E-state index contributed by atoms with van der Waals surface area (Å²) in [6.07, 6.45) is 0.0982. The Kier molecular flexibility index (Phi) is 5.48. The van der Waals surface area contributed by atoms with Crippen molar-refractivity contribution in [3.8, 4) is 11.5 Å². The molecular weight excluding hydrogens is 268 g/mol. The van der Waals surface area contributed by atoms with E-state index in [0.717, 1.165) is 0 Å². The highest BCUT2D eigenvalue weighted by Crippen LogP contribution is 2.44. The molecule has 1 fully saturated rings. The van der Waals surface area contributed by atoms with E-state index >= 15 is 0 Å². The van der Waals surface area contributed by atoms with E-state index in [0.29, 0.717) is 19.6 Å². The van der Waals surface area contributed by atoms with Crippen molar-refractivity contribution in [2.24, 2.45) is 11.3 Å². The number of hydrogen-bond acceptors (Lipinski definition) is 3. The molecule has 0 bridgehead atoms. The van der Waals surface area contributed by atoms with Gasteiger partial charge in [0.25, 0.3) is 0 Å². The van der Waals surface area contributed by atoms with Crippen LogP contribution in [0, 0.1) is 22.8 Å². The van der Waals surface area contributed by atoms with Crippen LogP contribution in [0.2, 0.25) is 19.6 Å². The lowest BCUT2D eigenvalue weighted by Crippen LogP contribution is -2.58. The monoisotopic (exact) mass is 298 g/mol. The van der Waals surface area contributed by atoms with Crippen molar-refractivity contribution < 1.29 is 14.6 Å². The molecular formula is C16H30O3Si. The third kappa shape index (κ3) is 3.85. The van der Waals surface area contributed by atoms with Crippen LogP contribution >= 0.6 is 0 Å². The molecule has 0 aromatic rings. The minimum absolute atomic E-state index is 0.0364. The summed E-state index contributed by atoms with van der Waals surface area (Å²) in [6, 6.07) is 0. The van der Waals surface area contributed by atoms with Crippen molar-refractivity contribution in [2.75, 3.05) is 13.2 Å². The zero-order valence-corrected chi connectivity index (χ0v) is 15.0. The van der Waals surface area contributed by atoms with Crippen molar-refractivity contribution in [2.45, 2.75) is 65.6 Å². The zero-order chi connectivity index (χ0) is 15.6. The van der Waals surface area contributed by atoms with Crippen LogP contribution in [0.15, 0.2) is 0 Å². The lowest BCUT2D eigenvalue weighted by atomic mass is 9.66. The van der Waals surface area contributed by atoms with Crippen molar-refractivity contribution >= 4 is 8.07 Å². The van der Waals surface area contributed by atoms with Crippen molar-refractivity contribution in [1.29, 1.82) is 0 Å². The smallest absolute Gasteiger partial charge is 0.187 e. The van der Waals surface area contributed by atoms with Gasteiger partial charge < -0.3 is 14.6 Å². The van der Waals surface area contributed by atoms with Crippen LogP contribution in [-0.4, -0.2) is 38.3 Å². The van der Waals surface area contributed by atoms with E-state index in [9.17, 15) is 5.11 Å². The number of ether oxygens (including phenoxy) is 2. The van der Waals surface area contributed by atoms with Crippen LogP contribution in [0.1, 0.15) is 34.1 Å². The first kappa shape index (κ1) is 17.7. The predicted molar refractivity (Wildman–Crippen MR) is 85.0 cm³/mol. The van der Waals surface area contributed by atoms with Gasteiger partial charge in [-0.1, -0.05) is 47.3 Å². The van der Waals surface area contributed by atoms with Gasteiger partial charge in [-0.25, -0.2) is 0 Å². The van der Waals surface area contributed by atoms with Gasteiger partial charge in [0.2, 0.25) is 0 Å².